The van der Waals surface area contributed by atoms with Crippen LogP contribution in [-0.2, 0) is 4.79 Å². The van der Waals surface area contributed by atoms with Gasteiger partial charge in [0.05, 0.1) is 9.85 Å². The molecule has 1 aromatic rings. The maximum atomic E-state index is 13.6. The zero-order chi connectivity index (χ0) is 15.4. The third-order valence-electron chi connectivity index (χ3n) is 2.52. The molecule has 0 saturated heterocycles. The molecule has 0 fully saturated rings. The van der Waals surface area contributed by atoms with Crippen LogP contribution in [0.2, 0.25) is 0 Å². The molecule has 0 amide bonds. The molecular formula is C11H9FN2O6. The van der Waals surface area contributed by atoms with Crippen LogP contribution in [0.25, 0.3) is 0 Å². The van der Waals surface area contributed by atoms with Crippen molar-refractivity contribution >= 4 is 22.9 Å². The first-order chi connectivity index (χ1) is 9.31. The van der Waals surface area contributed by atoms with Gasteiger partial charge in [0.25, 0.3) is 11.4 Å². The average molecular weight is 284 g/mol. The van der Waals surface area contributed by atoms with E-state index in [1.807, 2.05) is 0 Å². The number of halogens is 1. The molecule has 0 heterocycles. The number of Topliss-reactive ketones (excluding diaryl/α,β-unsaturated/α-hetero) is 2. The van der Waals surface area contributed by atoms with E-state index in [0.717, 1.165) is 18.2 Å². The van der Waals surface area contributed by atoms with Gasteiger partial charge in [0.1, 0.15) is 0 Å². The van der Waals surface area contributed by atoms with Crippen molar-refractivity contribution in [3.8, 4) is 0 Å². The van der Waals surface area contributed by atoms with Crippen LogP contribution in [0.3, 0.4) is 0 Å². The molecule has 20 heavy (non-hydrogen) atoms. The van der Waals surface area contributed by atoms with Crippen molar-refractivity contribution in [2.75, 3.05) is 0 Å². The third kappa shape index (κ3) is 2.82. The minimum Gasteiger partial charge on any atom is -0.296 e. The SMILES string of the molecule is CCC(=O)C(F)C(=O)c1c([N+](=O)[O-])cccc1[N+](=O)[O-]. The van der Waals surface area contributed by atoms with Gasteiger partial charge in [-0.15, -0.1) is 0 Å². The van der Waals surface area contributed by atoms with E-state index >= 15 is 0 Å². The molecule has 0 aromatic heterocycles. The van der Waals surface area contributed by atoms with E-state index in [-0.39, 0.29) is 6.42 Å². The molecule has 0 spiro atoms. The number of ketones is 2. The Labute approximate surface area is 111 Å². The number of alkyl halides is 1. The number of hydrogen-bond donors (Lipinski definition) is 0. The van der Waals surface area contributed by atoms with Crippen LogP contribution in [0.5, 0.6) is 0 Å². The molecule has 1 unspecified atom stereocenters. The molecule has 0 aliphatic carbocycles. The van der Waals surface area contributed by atoms with Gasteiger partial charge in [0.2, 0.25) is 12.0 Å². The minimum atomic E-state index is -2.65. The highest BCUT2D eigenvalue weighted by Crippen LogP contribution is 2.30. The van der Waals surface area contributed by atoms with Crippen LogP contribution in [0.15, 0.2) is 18.2 Å². The summed E-state index contributed by atoms with van der Waals surface area (Å²) in [5.41, 5.74) is -2.82. The summed E-state index contributed by atoms with van der Waals surface area (Å²) in [4.78, 5) is 42.4. The second-order valence-electron chi connectivity index (χ2n) is 3.73. The van der Waals surface area contributed by atoms with Gasteiger partial charge in [-0.25, -0.2) is 4.39 Å². The van der Waals surface area contributed by atoms with Crippen molar-refractivity contribution < 1.29 is 23.8 Å². The molecule has 0 aliphatic heterocycles. The summed E-state index contributed by atoms with van der Waals surface area (Å²) in [7, 11) is 0. The predicted molar refractivity (Wildman–Crippen MR) is 64.3 cm³/mol. The lowest BCUT2D eigenvalue weighted by Crippen LogP contribution is -2.26. The lowest BCUT2D eigenvalue weighted by atomic mass is 10.00. The molecule has 1 atom stereocenters. The van der Waals surface area contributed by atoms with Crippen molar-refractivity contribution in [3.05, 3.63) is 44.0 Å². The van der Waals surface area contributed by atoms with Crippen molar-refractivity contribution in [3.63, 3.8) is 0 Å². The quantitative estimate of drug-likeness (QED) is 0.341. The summed E-state index contributed by atoms with van der Waals surface area (Å²) in [6, 6.07) is 2.68. The zero-order valence-electron chi connectivity index (χ0n) is 10.2. The van der Waals surface area contributed by atoms with Gasteiger partial charge in [0.15, 0.2) is 11.3 Å². The average Bonchev–Trinajstić information content (AvgIpc) is 2.43. The molecule has 0 aliphatic rings. The van der Waals surface area contributed by atoms with Crippen LogP contribution in [-0.4, -0.2) is 27.6 Å². The Balaban J connectivity index is 3.48. The van der Waals surface area contributed by atoms with Crippen LogP contribution in [0, 0.1) is 20.2 Å². The van der Waals surface area contributed by atoms with E-state index in [1.165, 1.54) is 6.92 Å². The monoisotopic (exact) mass is 284 g/mol. The molecule has 1 rings (SSSR count). The van der Waals surface area contributed by atoms with E-state index in [9.17, 15) is 34.2 Å². The fourth-order valence-electron chi connectivity index (χ4n) is 1.54. The van der Waals surface area contributed by atoms with Crippen molar-refractivity contribution in [1.29, 1.82) is 0 Å². The van der Waals surface area contributed by atoms with Gasteiger partial charge in [0, 0.05) is 18.6 Å². The first-order valence-corrected chi connectivity index (χ1v) is 5.44. The summed E-state index contributed by atoms with van der Waals surface area (Å²) < 4.78 is 13.6. The van der Waals surface area contributed by atoms with Gasteiger partial charge < -0.3 is 0 Å². The maximum Gasteiger partial charge on any atom is 0.287 e. The molecule has 0 bridgehead atoms. The van der Waals surface area contributed by atoms with E-state index in [0.29, 0.717) is 0 Å². The Morgan fingerprint density at radius 1 is 1.20 bits per heavy atom. The van der Waals surface area contributed by atoms with Gasteiger partial charge in [-0.05, 0) is 6.07 Å². The number of hydrogen-bond acceptors (Lipinski definition) is 6. The fourth-order valence-corrected chi connectivity index (χ4v) is 1.54. The standard InChI is InChI=1S/C11H9FN2O6/c1-2-8(15)10(12)11(16)9-6(13(17)18)4-3-5-7(9)14(19)20/h3-5,10H,2H2,1H3. The summed E-state index contributed by atoms with van der Waals surface area (Å²) >= 11 is 0. The van der Waals surface area contributed by atoms with Crippen LogP contribution in [0.4, 0.5) is 15.8 Å². The third-order valence-corrected chi connectivity index (χ3v) is 2.52. The van der Waals surface area contributed by atoms with Gasteiger partial charge >= 0.3 is 0 Å². The first-order valence-electron chi connectivity index (χ1n) is 5.44. The Morgan fingerprint density at radius 3 is 2.00 bits per heavy atom. The van der Waals surface area contributed by atoms with E-state index < -0.39 is 44.5 Å². The number of carbonyl (C=O) groups excluding carboxylic acids is 2. The molecule has 0 saturated carbocycles. The Hall–Kier alpha value is -2.71. The number of nitro groups is 2. The van der Waals surface area contributed by atoms with E-state index in [2.05, 4.69) is 0 Å². The highest BCUT2D eigenvalue weighted by atomic mass is 19.1. The minimum absolute atomic E-state index is 0.304. The second-order valence-corrected chi connectivity index (χ2v) is 3.73. The zero-order valence-corrected chi connectivity index (χ0v) is 10.2. The summed E-state index contributed by atoms with van der Waals surface area (Å²) in [5, 5.41) is 21.6. The number of carbonyl (C=O) groups is 2. The molecule has 106 valence electrons. The van der Waals surface area contributed by atoms with E-state index in [1.54, 1.807) is 0 Å². The second kappa shape index (κ2) is 5.95. The fraction of sp³-hybridized carbons (Fsp3) is 0.273. The summed E-state index contributed by atoms with van der Waals surface area (Å²) in [5.74, 6) is -2.67. The lowest BCUT2D eigenvalue weighted by Gasteiger charge is -2.06. The Morgan fingerprint density at radius 2 is 1.65 bits per heavy atom. The van der Waals surface area contributed by atoms with Crippen molar-refractivity contribution in [1.82, 2.24) is 0 Å². The van der Waals surface area contributed by atoms with E-state index in [4.69, 9.17) is 0 Å². The van der Waals surface area contributed by atoms with Crippen LogP contribution >= 0.6 is 0 Å². The summed E-state index contributed by atoms with van der Waals surface area (Å²) in [6.07, 6.45) is -2.96. The molecule has 1 aromatic carbocycles. The molecule has 9 heteroatoms. The number of nitro benzene ring substituents is 2. The van der Waals surface area contributed by atoms with Crippen molar-refractivity contribution in [2.24, 2.45) is 0 Å². The Bertz CT molecular complexity index is 568. The van der Waals surface area contributed by atoms with Crippen LogP contribution < -0.4 is 0 Å². The maximum absolute atomic E-state index is 13.6. The highest BCUT2D eigenvalue weighted by Gasteiger charge is 2.37. The lowest BCUT2D eigenvalue weighted by molar-refractivity contribution is -0.394. The van der Waals surface area contributed by atoms with Crippen molar-refractivity contribution in [2.45, 2.75) is 19.5 Å². The largest absolute Gasteiger partial charge is 0.296 e. The van der Waals surface area contributed by atoms with Gasteiger partial charge in [-0.1, -0.05) is 6.92 Å². The predicted octanol–water partition coefficient (Wildman–Crippen LogP) is 2.00. The van der Waals surface area contributed by atoms with Gasteiger partial charge in [-0.2, -0.15) is 0 Å². The normalized spacial score (nSPS) is 11.7. The molecule has 8 nitrogen and oxygen atoms in total. The molecular weight excluding hydrogens is 275 g/mol. The highest BCUT2D eigenvalue weighted by molar-refractivity contribution is 6.16. The summed E-state index contributed by atoms with van der Waals surface area (Å²) in [6.45, 7) is 1.30. The topological polar surface area (TPSA) is 120 Å². The van der Waals surface area contributed by atoms with Gasteiger partial charge in [-0.3, -0.25) is 29.8 Å². The first kappa shape index (κ1) is 15.3. The molecule has 0 radical (unpaired) electrons. The number of rotatable bonds is 6. The Kier molecular flexibility index (Phi) is 4.57. The smallest absolute Gasteiger partial charge is 0.287 e. The van der Waals surface area contributed by atoms with Crippen LogP contribution in [0.1, 0.15) is 23.7 Å². The molecule has 0 N–H and O–H groups in total. The number of benzene rings is 1. The number of nitrogens with zero attached hydrogens (tertiary/aromatic N) is 2.